The molecule has 3 amide bonds. The van der Waals surface area contributed by atoms with Crippen LogP contribution in [0.25, 0.3) is 0 Å². The van der Waals surface area contributed by atoms with Gasteiger partial charge in [-0.1, -0.05) is 40.2 Å². The quantitative estimate of drug-likeness (QED) is 0.130. The molecule has 0 bridgehead atoms. The van der Waals surface area contributed by atoms with E-state index >= 15 is 0 Å². The molecule has 3 aromatic rings. The Bertz CT molecular complexity index is 1770. The molecule has 0 aromatic heterocycles. The van der Waals surface area contributed by atoms with Gasteiger partial charge in [-0.15, -0.1) is 0 Å². The van der Waals surface area contributed by atoms with E-state index in [1.54, 1.807) is 62.4 Å². The average Bonchev–Trinajstić information content (AvgIpc) is 3.06. The highest BCUT2D eigenvalue weighted by atomic mass is 79.9. The molecule has 244 valence electrons. The number of esters is 1. The van der Waals surface area contributed by atoms with E-state index in [0.29, 0.717) is 43.9 Å². The molecule has 3 aromatic carbocycles. The standard InChI is InChI=1S/C33H32BrN5O8/c1-5-45-32(41)29-19(2)37-33(42)38-30(29)20-10-11-25(26(13-20)43-3)46-18-28(40)39-36-16-23-12-24(34)14-27(44-4)31(23)47-17-22-9-7-6-8-21(22)15-35/h6-14,16,30H,5,17-18H2,1-4H3,(H,39,40)(H2,37,38,42)/b36-16+/t30-/m1/s1. The summed E-state index contributed by atoms with van der Waals surface area (Å²) < 4.78 is 28.5. The summed E-state index contributed by atoms with van der Waals surface area (Å²) in [6.45, 7) is 3.18. The van der Waals surface area contributed by atoms with Crippen molar-refractivity contribution in [3.05, 3.63) is 92.6 Å². The molecule has 0 aliphatic carbocycles. The van der Waals surface area contributed by atoms with Crippen LogP contribution in [0.15, 0.2) is 75.4 Å². The topological polar surface area (TPSA) is 170 Å². The number of hydrazone groups is 1. The number of nitrogens with zero attached hydrogens (tertiary/aromatic N) is 2. The zero-order valence-electron chi connectivity index (χ0n) is 26.0. The van der Waals surface area contributed by atoms with Crippen LogP contribution in [0.1, 0.15) is 42.1 Å². The smallest absolute Gasteiger partial charge is 0.338 e. The van der Waals surface area contributed by atoms with Crippen molar-refractivity contribution < 1.29 is 38.1 Å². The summed E-state index contributed by atoms with van der Waals surface area (Å²) in [4.78, 5) is 37.5. The van der Waals surface area contributed by atoms with Gasteiger partial charge in [0.1, 0.15) is 6.61 Å². The van der Waals surface area contributed by atoms with E-state index in [-0.39, 0.29) is 30.3 Å². The van der Waals surface area contributed by atoms with Gasteiger partial charge in [-0.05, 0) is 49.7 Å². The van der Waals surface area contributed by atoms with Gasteiger partial charge in [-0.2, -0.15) is 10.4 Å². The second kappa shape index (κ2) is 16.1. The number of hydrogen-bond donors (Lipinski definition) is 3. The third kappa shape index (κ3) is 8.59. The Kier molecular flexibility index (Phi) is 11.8. The van der Waals surface area contributed by atoms with E-state index in [4.69, 9.17) is 23.7 Å². The average molecular weight is 707 g/mol. The van der Waals surface area contributed by atoms with Gasteiger partial charge in [0.15, 0.2) is 29.6 Å². The molecule has 0 unspecified atom stereocenters. The summed E-state index contributed by atoms with van der Waals surface area (Å²) in [7, 11) is 2.92. The van der Waals surface area contributed by atoms with Crippen LogP contribution in [0.4, 0.5) is 4.79 Å². The number of halogens is 1. The lowest BCUT2D eigenvalue weighted by Gasteiger charge is -2.28. The van der Waals surface area contributed by atoms with Crippen LogP contribution in [0, 0.1) is 11.3 Å². The number of hydrogen-bond acceptors (Lipinski definition) is 10. The summed E-state index contributed by atoms with van der Waals surface area (Å²) in [5.74, 6) is 0.178. The second-order valence-corrected chi connectivity index (χ2v) is 10.8. The summed E-state index contributed by atoms with van der Waals surface area (Å²) in [5.41, 5.74) is 5.27. The van der Waals surface area contributed by atoms with Gasteiger partial charge in [-0.25, -0.2) is 15.0 Å². The molecule has 13 nitrogen and oxygen atoms in total. The number of ether oxygens (including phenoxy) is 5. The highest BCUT2D eigenvalue weighted by Crippen LogP contribution is 2.36. The first-order valence-corrected chi connectivity index (χ1v) is 15.0. The molecule has 0 fully saturated rings. The molecule has 0 saturated heterocycles. The predicted molar refractivity (Wildman–Crippen MR) is 174 cm³/mol. The number of nitriles is 1. The molecule has 14 heteroatoms. The van der Waals surface area contributed by atoms with Gasteiger partial charge in [0.2, 0.25) is 0 Å². The van der Waals surface area contributed by atoms with Gasteiger partial charge < -0.3 is 34.3 Å². The summed E-state index contributed by atoms with van der Waals surface area (Å²) in [6.07, 6.45) is 1.40. The molecule has 1 aliphatic heterocycles. The molecule has 1 aliphatic rings. The summed E-state index contributed by atoms with van der Waals surface area (Å²) >= 11 is 3.44. The molecule has 4 rings (SSSR count). The van der Waals surface area contributed by atoms with Crippen molar-refractivity contribution in [1.29, 1.82) is 5.26 Å². The van der Waals surface area contributed by atoms with Crippen molar-refractivity contribution in [2.24, 2.45) is 5.10 Å². The maximum absolute atomic E-state index is 12.6. The van der Waals surface area contributed by atoms with Crippen molar-refractivity contribution in [2.45, 2.75) is 26.5 Å². The largest absolute Gasteiger partial charge is 0.493 e. The zero-order chi connectivity index (χ0) is 33.9. The van der Waals surface area contributed by atoms with Crippen LogP contribution in [0.5, 0.6) is 23.0 Å². The highest BCUT2D eigenvalue weighted by molar-refractivity contribution is 9.10. The monoisotopic (exact) mass is 705 g/mol. The van der Waals surface area contributed by atoms with Gasteiger partial charge in [0, 0.05) is 21.3 Å². The molecular weight excluding hydrogens is 674 g/mol. The van der Waals surface area contributed by atoms with E-state index in [2.05, 4.69) is 43.2 Å². The van der Waals surface area contributed by atoms with Crippen molar-refractivity contribution >= 4 is 40.1 Å². The lowest BCUT2D eigenvalue weighted by molar-refractivity contribution is -0.139. The minimum absolute atomic E-state index is 0.105. The third-order valence-electron chi connectivity index (χ3n) is 6.82. The first-order valence-electron chi connectivity index (χ1n) is 14.2. The van der Waals surface area contributed by atoms with Crippen LogP contribution in [-0.4, -0.2) is 51.6 Å². The van der Waals surface area contributed by atoms with Crippen LogP contribution in [0.3, 0.4) is 0 Å². The number of amides is 3. The minimum Gasteiger partial charge on any atom is -0.493 e. The highest BCUT2D eigenvalue weighted by Gasteiger charge is 2.32. The van der Waals surface area contributed by atoms with Crippen molar-refractivity contribution in [2.75, 3.05) is 27.4 Å². The number of allylic oxidation sites excluding steroid dienone is 1. The molecule has 3 N–H and O–H groups in total. The molecular formula is C33H32BrN5O8. The van der Waals surface area contributed by atoms with Crippen LogP contribution < -0.4 is 35.0 Å². The van der Waals surface area contributed by atoms with Crippen LogP contribution >= 0.6 is 15.9 Å². The van der Waals surface area contributed by atoms with E-state index in [9.17, 15) is 19.6 Å². The van der Waals surface area contributed by atoms with E-state index in [0.717, 1.165) is 0 Å². The Morgan fingerprint density at radius 2 is 1.83 bits per heavy atom. The Hall–Kier alpha value is -5.55. The van der Waals surface area contributed by atoms with Crippen molar-refractivity contribution in [1.82, 2.24) is 16.1 Å². The van der Waals surface area contributed by atoms with E-state index in [1.165, 1.54) is 20.4 Å². The Labute approximate surface area is 279 Å². The maximum Gasteiger partial charge on any atom is 0.338 e. The number of methoxy groups -OCH3 is 2. The fourth-order valence-corrected chi connectivity index (χ4v) is 5.11. The summed E-state index contributed by atoms with van der Waals surface area (Å²) in [6, 6.07) is 16.2. The first-order chi connectivity index (χ1) is 22.7. The van der Waals surface area contributed by atoms with Crippen LogP contribution in [-0.2, 0) is 20.9 Å². The Balaban J connectivity index is 1.44. The number of rotatable bonds is 13. The van der Waals surface area contributed by atoms with Gasteiger partial charge in [-0.3, -0.25) is 4.79 Å². The predicted octanol–water partition coefficient (Wildman–Crippen LogP) is 4.64. The second-order valence-electron chi connectivity index (χ2n) is 9.87. The van der Waals surface area contributed by atoms with E-state index in [1.807, 2.05) is 6.07 Å². The number of carbonyl (C=O) groups excluding carboxylic acids is 3. The molecule has 0 radical (unpaired) electrons. The van der Waals surface area contributed by atoms with Gasteiger partial charge in [0.25, 0.3) is 5.91 Å². The fourth-order valence-electron chi connectivity index (χ4n) is 4.65. The lowest BCUT2D eigenvalue weighted by atomic mass is 9.95. The Morgan fingerprint density at radius 1 is 1.06 bits per heavy atom. The maximum atomic E-state index is 12.6. The number of nitrogens with one attached hydrogen (secondary N) is 3. The number of carbonyl (C=O) groups is 3. The van der Waals surface area contributed by atoms with Gasteiger partial charge >= 0.3 is 12.0 Å². The summed E-state index contributed by atoms with van der Waals surface area (Å²) in [5, 5.41) is 18.8. The number of benzene rings is 3. The third-order valence-corrected chi connectivity index (χ3v) is 7.27. The SMILES string of the molecule is CCOC(=O)C1=C(C)NC(=O)N[C@@H]1c1ccc(OCC(=O)N/N=C/c2cc(Br)cc(OC)c2OCc2ccccc2C#N)c(OC)c1. The molecule has 1 atom stereocenters. The fraction of sp³-hybridized carbons (Fsp3) is 0.242. The Morgan fingerprint density at radius 3 is 2.55 bits per heavy atom. The van der Waals surface area contributed by atoms with Crippen LogP contribution in [0.2, 0.25) is 0 Å². The molecule has 0 spiro atoms. The minimum atomic E-state index is -0.796. The lowest BCUT2D eigenvalue weighted by Crippen LogP contribution is -2.45. The normalized spacial score (nSPS) is 14.0. The first kappa shape index (κ1) is 34.3. The number of urea groups is 1. The zero-order valence-corrected chi connectivity index (χ0v) is 27.6. The molecule has 1 heterocycles. The molecule has 0 saturated carbocycles. The van der Waals surface area contributed by atoms with E-state index < -0.39 is 30.6 Å². The molecule has 47 heavy (non-hydrogen) atoms. The van der Waals surface area contributed by atoms with Gasteiger partial charge in [0.05, 0.1) is 50.3 Å². The van der Waals surface area contributed by atoms with Crippen molar-refractivity contribution in [3.8, 4) is 29.1 Å². The van der Waals surface area contributed by atoms with Crippen molar-refractivity contribution in [3.63, 3.8) is 0 Å².